The smallest absolute Gasteiger partial charge is 0.330 e. The first-order valence-corrected chi connectivity index (χ1v) is 6.12. The van der Waals surface area contributed by atoms with Crippen molar-refractivity contribution in [3.05, 3.63) is 28.3 Å². The van der Waals surface area contributed by atoms with Gasteiger partial charge in [-0.25, -0.2) is 5.84 Å². The largest absolute Gasteiger partial charge is 0.467 e. The first-order chi connectivity index (χ1) is 9.53. The van der Waals surface area contributed by atoms with Gasteiger partial charge in [-0.2, -0.15) is 9.97 Å². The SMILES string of the molecule is COc1nc(NN)nc(Oc2cc(C)c(Cl)c(C)c2)n1. The number of nitrogen functional groups attached to an aromatic ring is 1. The summed E-state index contributed by atoms with van der Waals surface area (Å²) in [5.74, 6) is 5.99. The van der Waals surface area contributed by atoms with Crippen LogP contribution in [0.3, 0.4) is 0 Å². The Bertz CT molecular complexity index is 590. The number of hydrogen-bond donors (Lipinski definition) is 2. The molecule has 0 unspecified atom stereocenters. The molecule has 0 atom stereocenters. The number of nitrogens with zero attached hydrogens (tertiary/aromatic N) is 3. The highest BCUT2D eigenvalue weighted by atomic mass is 35.5. The standard InChI is InChI=1S/C12H14ClN5O2/c1-6-4-8(5-7(2)9(6)13)20-12-16-10(18-14)15-11(17-12)19-3/h4-5H,14H2,1-3H3,(H,15,16,17,18). The van der Waals surface area contributed by atoms with Gasteiger partial charge in [-0.05, 0) is 37.1 Å². The monoisotopic (exact) mass is 295 g/mol. The molecule has 0 fully saturated rings. The molecule has 1 heterocycles. The second-order valence-electron chi connectivity index (χ2n) is 4.05. The molecule has 1 aromatic carbocycles. The normalized spacial score (nSPS) is 10.2. The van der Waals surface area contributed by atoms with Crippen molar-refractivity contribution in [1.82, 2.24) is 15.0 Å². The number of nitrogens with two attached hydrogens (primary N) is 1. The quantitative estimate of drug-likeness (QED) is 0.659. The number of aromatic nitrogens is 3. The highest BCUT2D eigenvalue weighted by molar-refractivity contribution is 6.32. The van der Waals surface area contributed by atoms with Crippen molar-refractivity contribution in [3.63, 3.8) is 0 Å². The molecule has 0 aliphatic rings. The number of aryl methyl sites for hydroxylation is 2. The van der Waals surface area contributed by atoms with Gasteiger partial charge >= 0.3 is 12.0 Å². The van der Waals surface area contributed by atoms with E-state index < -0.39 is 0 Å². The first-order valence-electron chi connectivity index (χ1n) is 5.74. The fraction of sp³-hybridized carbons (Fsp3) is 0.250. The molecule has 0 radical (unpaired) electrons. The Morgan fingerprint density at radius 1 is 1.10 bits per heavy atom. The fourth-order valence-corrected chi connectivity index (χ4v) is 1.72. The zero-order chi connectivity index (χ0) is 14.7. The molecule has 0 aliphatic carbocycles. The Balaban J connectivity index is 2.34. The van der Waals surface area contributed by atoms with Crippen LogP contribution >= 0.6 is 11.6 Å². The molecular weight excluding hydrogens is 282 g/mol. The van der Waals surface area contributed by atoms with Gasteiger partial charge in [0.2, 0.25) is 5.95 Å². The summed E-state index contributed by atoms with van der Waals surface area (Å²) in [5, 5.41) is 0.704. The molecule has 0 saturated carbocycles. The summed E-state index contributed by atoms with van der Waals surface area (Å²) in [6, 6.07) is 3.76. The lowest BCUT2D eigenvalue weighted by Gasteiger charge is -2.09. The van der Waals surface area contributed by atoms with Gasteiger partial charge in [0.15, 0.2) is 0 Å². The molecule has 0 bridgehead atoms. The minimum Gasteiger partial charge on any atom is -0.467 e. The van der Waals surface area contributed by atoms with Crippen LogP contribution in [0.15, 0.2) is 12.1 Å². The van der Waals surface area contributed by atoms with E-state index in [2.05, 4.69) is 20.4 Å². The van der Waals surface area contributed by atoms with Crippen LogP contribution in [0.4, 0.5) is 5.95 Å². The lowest BCUT2D eigenvalue weighted by Crippen LogP contribution is -2.12. The summed E-state index contributed by atoms with van der Waals surface area (Å²) in [6.07, 6.45) is 0. The number of hydrazine groups is 1. The minimum atomic E-state index is 0.0749. The molecule has 0 aliphatic heterocycles. The van der Waals surface area contributed by atoms with Crippen LogP contribution in [-0.2, 0) is 0 Å². The molecule has 20 heavy (non-hydrogen) atoms. The van der Waals surface area contributed by atoms with E-state index in [1.807, 2.05) is 13.8 Å². The van der Waals surface area contributed by atoms with Crippen molar-refractivity contribution in [2.45, 2.75) is 13.8 Å². The third-order valence-electron chi connectivity index (χ3n) is 2.53. The summed E-state index contributed by atoms with van der Waals surface area (Å²) in [4.78, 5) is 11.8. The highest BCUT2D eigenvalue weighted by Gasteiger charge is 2.10. The van der Waals surface area contributed by atoms with Crippen molar-refractivity contribution in [2.75, 3.05) is 12.5 Å². The van der Waals surface area contributed by atoms with Crippen LogP contribution in [-0.4, -0.2) is 22.1 Å². The number of ether oxygens (including phenoxy) is 2. The Labute approximate surface area is 121 Å². The zero-order valence-corrected chi connectivity index (χ0v) is 12.0. The fourth-order valence-electron chi connectivity index (χ4n) is 1.61. The lowest BCUT2D eigenvalue weighted by atomic mass is 10.1. The molecular formula is C12H14ClN5O2. The van der Waals surface area contributed by atoms with Gasteiger partial charge in [0.1, 0.15) is 5.75 Å². The molecule has 0 spiro atoms. The molecule has 0 amide bonds. The molecule has 0 saturated heterocycles. The van der Waals surface area contributed by atoms with Crippen molar-refractivity contribution < 1.29 is 9.47 Å². The second-order valence-corrected chi connectivity index (χ2v) is 4.42. The zero-order valence-electron chi connectivity index (χ0n) is 11.3. The third-order valence-corrected chi connectivity index (χ3v) is 3.12. The van der Waals surface area contributed by atoms with Crippen LogP contribution < -0.4 is 20.7 Å². The summed E-state index contributed by atoms with van der Waals surface area (Å²) in [5.41, 5.74) is 4.12. The number of halogens is 1. The van der Waals surface area contributed by atoms with E-state index in [9.17, 15) is 0 Å². The number of methoxy groups -OCH3 is 1. The summed E-state index contributed by atoms with van der Waals surface area (Å²) < 4.78 is 10.5. The van der Waals surface area contributed by atoms with Crippen LogP contribution in [0, 0.1) is 13.8 Å². The molecule has 3 N–H and O–H groups in total. The minimum absolute atomic E-state index is 0.0749. The van der Waals surface area contributed by atoms with Crippen LogP contribution in [0.1, 0.15) is 11.1 Å². The van der Waals surface area contributed by atoms with Gasteiger partial charge in [0.25, 0.3) is 0 Å². The van der Waals surface area contributed by atoms with Crippen LogP contribution in [0.5, 0.6) is 17.8 Å². The molecule has 106 valence electrons. The third kappa shape index (κ3) is 3.06. The van der Waals surface area contributed by atoms with E-state index in [0.29, 0.717) is 10.8 Å². The maximum atomic E-state index is 6.10. The van der Waals surface area contributed by atoms with Crippen LogP contribution in [0.2, 0.25) is 5.02 Å². The number of rotatable bonds is 4. The van der Waals surface area contributed by atoms with E-state index >= 15 is 0 Å². The maximum absolute atomic E-state index is 6.10. The number of benzene rings is 1. The highest BCUT2D eigenvalue weighted by Crippen LogP contribution is 2.28. The molecule has 1 aromatic heterocycles. The van der Waals surface area contributed by atoms with Gasteiger partial charge in [0.05, 0.1) is 7.11 Å². The molecule has 7 nitrogen and oxygen atoms in total. The van der Waals surface area contributed by atoms with E-state index in [0.717, 1.165) is 11.1 Å². The Morgan fingerprint density at radius 2 is 1.70 bits per heavy atom. The van der Waals surface area contributed by atoms with E-state index in [-0.39, 0.29) is 18.0 Å². The summed E-state index contributed by atoms with van der Waals surface area (Å²) in [6.45, 7) is 3.78. The Morgan fingerprint density at radius 3 is 2.25 bits per heavy atom. The van der Waals surface area contributed by atoms with Gasteiger partial charge < -0.3 is 9.47 Å². The maximum Gasteiger partial charge on any atom is 0.330 e. The number of nitrogens with one attached hydrogen (secondary N) is 1. The van der Waals surface area contributed by atoms with Gasteiger partial charge in [-0.15, -0.1) is 4.98 Å². The average molecular weight is 296 g/mol. The van der Waals surface area contributed by atoms with Crippen LogP contribution in [0.25, 0.3) is 0 Å². The molecule has 8 heteroatoms. The summed E-state index contributed by atoms with van der Waals surface area (Å²) >= 11 is 6.10. The Hall–Kier alpha value is -2.12. The van der Waals surface area contributed by atoms with Crippen molar-refractivity contribution in [1.29, 1.82) is 0 Å². The van der Waals surface area contributed by atoms with Gasteiger partial charge in [0, 0.05) is 5.02 Å². The van der Waals surface area contributed by atoms with Crippen molar-refractivity contribution in [3.8, 4) is 17.8 Å². The van der Waals surface area contributed by atoms with E-state index in [4.69, 9.17) is 26.9 Å². The lowest BCUT2D eigenvalue weighted by molar-refractivity contribution is 0.360. The van der Waals surface area contributed by atoms with E-state index in [1.54, 1.807) is 12.1 Å². The Kier molecular flexibility index (Phi) is 4.21. The van der Waals surface area contributed by atoms with Crippen molar-refractivity contribution in [2.24, 2.45) is 5.84 Å². The van der Waals surface area contributed by atoms with Crippen molar-refractivity contribution >= 4 is 17.5 Å². The second kappa shape index (κ2) is 5.89. The van der Waals surface area contributed by atoms with E-state index in [1.165, 1.54) is 7.11 Å². The topological polar surface area (TPSA) is 95.2 Å². The molecule has 2 aromatic rings. The average Bonchev–Trinajstić information content (AvgIpc) is 2.44. The predicted molar refractivity (Wildman–Crippen MR) is 75.2 cm³/mol. The predicted octanol–water partition coefficient (Wildman–Crippen LogP) is 2.23. The van der Waals surface area contributed by atoms with Gasteiger partial charge in [-0.3, -0.25) is 5.43 Å². The number of anilines is 1. The number of hydrogen-bond acceptors (Lipinski definition) is 7. The summed E-state index contributed by atoms with van der Waals surface area (Å²) in [7, 11) is 1.44. The first kappa shape index (κ1) is 14.3. The molecule has 2 rings (SSSR count). The van der Waals surface area contributed by atoms with Gasteiger partial charge in [-0.1, -0.05) is 11.6 Å².